The van der Waals surface area contributed by atoms with Crippen molar-refractivity contribution in [3.63, 3.8) is 0 Å². The van der Waals surface area contributed by atoms with E-state index >= 15 is 0 Å². The number of hydrogen-bond donors (Lipinski definition) is 1. The summed E-state index contributed by atoms with van der Waals surface area (Å²) in [5, 5.41) is 3.24. The molecule has 0 saturated heterocycles. The smallest absolute Gasteiger partial charge is 0.129 e. The Labute approximate surface area is 78.4 Å². The molecule has 0 heterocycles. The van der Waals surface area contributed by atoms with Gasteiger partial charge in [-0.2, -0.15) is 5.11 Å². The van der Waals surface area contributed by atoms with E-state index < -0.39 is 6.04 Å². The highest BCUT2D eigenvalue weighted by Crippen LogP contribution is 2.22. The van der Waals surface area contributed by atoms with Gasteiger partial charge < -0.3 is 0 Å². The Morgan fingerprint density at radius 3 is 2.75 bits per heavy atom. The number of rotatable bonds is 2. The molecule has 4 heteroatoms. The standard InChI is InChI=1S/C8H8BrFN2/c1-5(12-11)7-3-2-6(9)4-8(7)10/h2-5,11H,1H3. The van der Waals surface area contributed by atoms with E-state index in [1.54, 1.807) is 19.1 Å². The molecule has 1 aromatic carbocycles. The molecule has 0 bridgehead atoms. The molecule has 0 saturated carbocycles. The number of nitrogens with zero attached hydrogens (tertiary/aromatic N) is 1. The lowest BCUT2D eigenvalue weighted by Crippen LogP contribution is -1.92. The van der Waals surface area contributed by atoms with Gasteiger partial charge in [0, 0.05) is 10.0 Å². The third-order valence-corrected chi connectivity index (χ3v) is 2.10. The zero-order chi connectivity index (χ0) is 9.14. The van der Waals surface area contributed by atoms with Gasteiger partial charge in [0.25, 0.3) is 0 Å². The van der Waals surface area contributed by atoms with Crippen LogP contribution < -0.4 is 0 Å². The maximum absolute atomic E-state index is 13.1. The zero-order valence-corrected chi connectivity index (χ0v) is 8.10. The van der Waals surface area contributed by atoms with Crippen molar-refractivity contribution in [1.29, 1.82) is 5.53 Å². The Bertz CT molecular complexity index is 301. The third kappa shape index (κ3) is 1.88. The fourth-order valence-corrected chi connectivity index (χ4v) is 1.24. The predicted molar refractivity (Wildman–Crippen MR) is 47.7 cm³/mol. The van der Waals surface area contributed by atoms with Crippen LogP contribution in [0.5, 0.6) is 0 Å². The van der Waals surface area contributed by atoms with Crippen molar-refractivity contribution in [3.05, 3.63) is 34.1 Å². The van der Waals surface area contributed by atoms with E-state index in [0.29, 0.717) is 10.0 Å². The van der Waals surface area contributed by atoms with Gasteiger partial charge in [0.15, 0.2) is 0 Å². The minimum absolute atomic E-state index is 0.326. The van der Waals surface area contributed by atoms with E-state index in [1.165, 1.54) is 6.07 Å². The first-order valence-corrected chi connectivity index (χ1v) is 4.26. The molecule has 12 heavy (non-hydrogen) atoms. The van der Waals surface area contributed by atoms with Crippen molar-refractivity contribution >= 4 is 15.9 Å². The van der Waals surface area contributed by atoms with Crippen molar-refractivity contribution in [2.24, 2.45) is 5.11 Å². The average molecular weight is 231 g/mol. The Morgan fingerprint density at radius 2 is 2.25 bits per heavy atom. The SMILES string of the molecule is CC(N=N)c1ccc(Br)cc1F. The van der Waals surface area contributed by atoms with Gasteiger partial charge in [0.1, 0.15) is 5.82 Å². The average Bonchev–Trinajstić information content (AvgIpc) is 2.03. The Hall–Kier alpha value is -0.770. The van der Waals surface area contributed by atoms with Crippen LogP contribution in [0.3, 0.4) is 0 Å². The summed E-state index contributed by atoms with van der Waals surface area (Å²) in [6.45, 7) is 1.68. The van der Waals surface area contributed by atoms with Crippen molar-refractivity contribution in [2.45, 2.75) is 13.0 Å². The summed E-state index contributed by atoms with van der Waals surface area (Å²) in [6.07, 6.45) is 0. The van der Waals surface area contributed by atoms with E-state index in [-0.39, 0.29) is 5.82 Å². The highest BCUT2D eigenvalue weighted by molar-refractivity contribution is 9.10. The summed E-state index contributed by atoms with van der Waals surface area (Å²) in [7, 11) is 0. The summed E-state index contributed by atoms with van der Waals surface area (Å²) >= 11 is 3.15. The van der Waals surface area contributed by atoms with Crippen LogP contribution in [0, 0.1) is 11.3 Å². The number of benzene rings is 1. The predicted octanol–water partition coefficient (Wildman–Crippen LogP) is 3.68. The van der Waals surface area contributed by atoms with Crippen LogP contribution in [0.15, 0.2) is 27.8 Å². The van der Waals surface area contributed by atoms with Gasteiger partial charge in [-0.15, -0.1) is 0 Å². The van der Waals surface area contributed by atoms with Gasteiger partial charge in [-0.05, 0) is 19.1 Å². The fourth-order valence-electron chi connectivity index (χ4n) is 0.910. The Kier molecular flexibility index (Phi) is 2.92. The van der Waals surface area contributed by atoms with Crippen LogP contribution in [-0.4, -0.2) is 0 Å². The topological polar surface area (TPSA) is 36.2 Å². The summed E-state index contributed by atoms with van der Waals surface area (Å²) in [4.78, 5) is 0. The molecule has 0 aliphatic heterocycles. The molecule has 0 spiro atoms. The molecule has 0 aromatic heterocycles. The van der Waals surface area contributed by atoms with Crippen LogP contribution in [-0.2, 0) is 0 Å². The molecule has 1 unspecified atom stereocenters. The van der Waals surface area contributed by atoms with Gasteiger partial charge in [0.2, 0.25) is 0 Å². The second kappa shape index (κ2) is 3.76. The van der Waals surface area contributed by atoms with Crippen molar-refractivity contribution in [2.75, 3.05) is 0 Å². The first-order valence-electron chi connectivity index (χ1n) is 3.46. The molecule has 0 amide bonds. The summed E-state index contributed by atoms with van der Waals surface area (Å²) in [6, 6.07) is 4.33. The monoisotopic (exact) mass is 230 g/mol. The van der Waals surface area contributed by atoms with Crippen LogP contribution in [0.2, 0.25) is 0 Å². The van der Waals surface area contributed by atoms with E-state index in [1.807, 2.05) is 0 Å². The molecule has 0 radical (unpaired) electrons. The van der Waals surface area contributed by atoms with Gasteiger partial charge >= 0.3 is 0 Å². The quantitative estimate of drug-likeness (QED) is 0.753. The van der Waals surface area contributed by atoms with Crippen LogP contribution >= 0.6 is 15.9 Å². The minimum Gasteiger partial charge on any atom is -0.209 e. The highest BCUT2D eigenvalue weighted by Gasteiger charge is 2.08. The second-order valence-corrected chi connectivity index (χ2v) is 3.39. The van der Waals surface area contributed by atoms with Gasteiger partial charge in [-0.1, -0.05) is 22.0 Å². The molecule has 1 N–H and O–H groups in total. The molecular weight excluding hydrogens is 223 g/mol. The minimum atomic E-state index is -0.405. The van der Waals surface area contributed by atoms with Crippen LogP contribution in [0.1, 0.15) is 18.5 Å². The molecule has 1 atom stereocenters. The fraction of sp³-hybridized carbons (Fsp3) is 0.250. The molecular formula is C8H8BrFN2. The van der Waals surface area contributed by atoms with E-state index in [0.717, 1.165) is 0 Å². The zero-order valence-electron chi connectivity index (χ0n) is 6.51. The van der Waals surface area contributed by atoms with Crippen molar-refractivity contribution in [1.82, 2.24) is 0 Å². The van der Waals surface area contributed by atoms with Crippen LogP contribution in [0.4, 0.5) is 4.39 Å². The van der Waals surface area contributed by atoms with E-state index in [4.69, 9.17) is 5.53 Å². The van der Waals surface area contributed by atoms with Gasteiger partial charge in [-0.25, -0.2) is 9.92 Å². The van der Waals surface area contributed by atoms with Crippen LogP contribution in [0.25, 0.3) is 0 Å². The molecule has 0 fully saturated rings. The van der Waals surface area contributed by atoms with Crippen molar-refractivity contribution < 1.29 is 4.39 Å². The largest absolute Gasteiger partial charge is 0.209 e. The normalized spacial score (nSPS) is 12.6. The third-order valence-electron chi connectivity index (χ3n) is 1.61. The molecule has 2 nitrogen and oxygen atoms in total. The molecule has 1 rings (SSSR count). The van der Waals surface area contributed by atoms with Crippen molar-refractivity contribution in [3.8, 4) is 0 Å². The van der Waals surface area contributed by atoms with E-state index in [9.17, 15) is 4.39 Å². The maximum atomic E-state index is 13.1. The molecule has 0 aliphatic carbocycles. The van der Waals surface area contributed by atoms with Gasteiger partial charge in [0.05, 0.1) is 6.04 Å². The second-order valence-electron chi connectivity index (χ2n) is 2.47. The highest BCUT2D eigenvalue weighted by atomic mass is 79.9. The lowest BCUT2D eigenvalue weighted by molar-refractivity contribution is 0.584. The molecule has 0 aliphatic rings. The first kappa shape index (κ1) is 9.32. The van der Waals surface area contributed by atoms with Gasteiger partial charge in [-0.3, -0.25) is 0 Å². The summed E-state index contributed by atoms with van der Waals surface area (Å²) < 4.78 is 13.8. The summed E-state index contributed by atoms with van der Waals surface area (Å²) in [5.74, 6) is -0.326. The number of halogens is 2. The lowest BCUT2D eigenvalue weighted by Gasteiger charge is -2.05. The Morgan fingerprint density at radius 1 is 1.58 bits per heavy atom. The summed E-state index contributed by atoms with van der Waals surface area (Å²) in [5.41, 5.74) is 7.20. The Balaban J connectivity index is 3.09. The first-order chi connectivity index (χ1) is 5.65. The molecule has 64 valence electrons. The molecule has 1 aromatic rings. The van der Waals surface area contributed by atoms with E-state index in [2.05, 4.69) is 21.0 Å². The number of nitrogens with one attached hydrogen (secondary N) is 1. The maximum Gasteiger partial charge on any atom is 0.129 e. The lowest BCUT2D eigenvalue weighted by atomic mass is 10.1. The number of hydrogen-bond acceptors (Lipinski definition) is 2.